The molecular formula is C15H18ClFN2O. The number of benzene rings is 1. The molecule has 0 saturated carbocycles. The van der Waals surface area contributed by atoms with Crippen molar-refractivity contribution in [1.82, 2.24) is 10.5 Å². The first-order valence-corrected chi connectivity index (χ1v) is 6.91. The highest BCUT2D eigenvalue weighted by molar-refractivity contribution is 6.30. The van der Waals surface area contributed by atoms with Gasteiger partial charge in [0.05, 0.1) is 10.7 Å². The molecule has 0 radical (unpaired) electrons. The van der Waals surface area contributed by atoms with Gasteiger partial charge in [0.1, 0.15) is 11.6 Å². The fourth-order valence-electron chi connectivity index (χ4n) is 2.44. The first kappa shape index (κ1) is 15.0. The molecule has 0 saturated heterocycles. The number of rotatable bonds is 4. The molecular weight excluding hydrogens is 279 g/mol. The van der Waals surface area contributed by atoms with Gasteiger partial charge in [-0.2, -0.15) is 0 Å². The highest BCUT2D eigenvalue weighted by atomic mass is 35.5. The average molecular weight is 297 g/mol. The van der Waals surface area contributed by atoms with Gasteiger partial charge in [0, 0.05) is 17.6 Å². The highest BCUT2D eigenvalue weighted by Crippen LogP contribution is 2.26. The van der Waals surface area contributed by atoms with Crippen LogP contribution >= 0.6 is 11.6 Å². The lowest BCUT2D eigenvalue weighted by Crippen LogP contribution is -2.23. The molecule has 1 N–H and O–H groups in total. The fraction of sp³-hybridized carbons (Fsp3) is 0.400. The lowest BCUT2D eigenvalue weighted by atomic mass is 10.0. The molecule has 0 bridgehead atoms. The standard InChI is InChI=1S/C15H18ClFN2O/c1-8(12-5-6-14(17)13(16)7-12)18-9(2)15-10(3)19-20-11(15)4/h5-9,18H,1-4H3. The summed E-state index contributed by atoms with van der Waals surface area (Å²) in [6, 6.07) is 4.89. The molecule has 2 rings (SSSR count). The van der Waals surface area contributed by atoms with Gasteiger partial charge < -0.3 is 9.84 Å². The van der Waals surface area contributed by atoms with Crippen molar-refractivity contribution >= 4 is 11.6 Å². The maximum Gasteiger partial charge on any atom is 0.141 e. The van der Waals surface area contributed by atoms with Gasteiger partial charge in [0.25, 0.3) is 0 Å². The van der Waals surface area contributed by atoms with Crippen molar-refractivity contribution in [2.24, 2.45) is 0 Å². The molecule has 3 nitrogen and oxygen atoms in total. The zero-order valence-corrected chi connectivity index (χ0v) is 12.8. The Bertz CT molecular complexity index is 592. The monoisotopic (exact) mass is 296 g/mol. The summed E-state index contributed by atoms with van der Waals surface area (Å²) in [6.45, 7) is 7.88. The van der Waals surface area contributed by atoms with Crippen LogP contribution in [-0.4, -0.2) is 5.16 Å². The summed E-state index contributed by atoms with van der Waals surface area (Å²) in [6.07, 6.45) is 0. The predicted molar refractivity (Wildman–Crippen MR) is 77.4 cm³/mol. The van der Waals surface area contributed by atoms with E-state index in [0.717, 1.165) is 22.6 Å². The number of aryl methyl sites for hydroxylation is 2. The number of nitrogens with one attached hydrogen (secondary N) is 1. The Hall–Kier alpha value is -1.39. The third-order valence-corrected chi connectivity index (χ3v) is 3.75. The van der Waals surface area contributed by atoms with E-state index in [9.17, 15) is 4.39 Å². The van der Waals surface area contributed by atoms with Gasteiger partial charge in [0.15, 0.2) is 0 Å². The maximum absolute atomic E-state index is 13.2. The molecule has 2 unspecified atom stereocenters. The van der Waals surface area contributed by atoms with Crippen LogP contribution in [0.15, 0.2) is 22.7 Å². The smallest absolute Gasteiger partial charge is 0.141 e. The molecule has 20 heavy (non-hydrogen) atoms. The van der Waals surface area contributed by atoms with Crippen LogP contribution in [0.2, 0.25) is 5.02 Å². The molecule has 5 heteroatoms. The summed E-state index contributed by atoms with van der Waals surface area (Å²) < 4.78 is 18.4. The quantitative estimate of drug-likeness (QED) is 0.903. The number of nitrogens with zero attached hydrogens (tertiary/aromatic N) is 1. The van der Waals surface area contributed by atoms with Gasteiger partial charge in [-0.1, -0.05) is 22.8 Å². The van der Waals surface area contributed by atoms with Crippen LogP contribution in [0.4, 0.5) is 4.39 Å². The fourth-order valence-corrected chi connectivity index (χ4v) is 2.63. The summed E-state index contributed by atoms with van der Waals surface area (Å²) in [5.74, 6) is 0.410. The van der Waals surface area contributed by atoms with Crippen LogP contribution in [-0.2, 0) is 0 Å². The summed E-state index contributed by atoms with van der Waals surface area (Å²) >= 11 is 5.82. The molecule has 1 aromatic heterocycles. The van der Waals surface area contributed by atoms with Gasteiger partial charge >= 0.3 is 0 Å². The van der Waals surface area contributed by atoms with Gasteiger partial charge in [-0.25, -0.2) is 4.39 Å². The Kier molecular flexibility index (Phi) is 4.45. The van der Waals surface area contributed by atoms with E-state index in [0.29, 0.717) is 0 Å². The topological polar surface area (TPSA) is 38.1 Å². The average Bonchev–Trinajstić information content (AvgIpc) is 2.72. The molecule has 1 heterocycles. The minimum atomic E-state index is -0.401. The first-order chi connectivity index (χ1) is 9.40. The Morgan fingerprint density at radius 1 is 1.25 bits per heavy atom. The first-order valence-electron chi connectivity index (χ1n) is 6.54. The van der Waals surface area contributed by atoms with Crippen LogP contribution in [0, 0.1) is 19.7 Å². The summed E-state index contributed by atoms with van der Waals surface area (Å²) in [5, 5.41) is 7.54. The van der Waals surface area contributed by atoms with Gasteiger partial charge in [-0.3, -0.25) is 0 Å². The van der Waals surface area contributed by atoms with E-state index in [2.05, 4.69) is 10.5 Å². The molecule has 0 aliphatic carbocycles. The highest BCUT2D eigenvalue weighted by Gasteiger charge is 2.19. The lowest BCUT2D eigenvalue weighted by Gasteiger charge is -2.20. The SMILES string of the molecule is Cc1noc(C)c1C(C)NC(C)c1ccc(F)c(Cl)c1. The van der Waals surface area contributed by atoms with Crippen LogP contribution in [0.3, 0.4) is 0 Å². The molecule has 0 spiro atoms. The predicted octanol–water partition coefficient (Wildman–Crippen LogP) is 4.50. The van der Waals surface area contributed by atoms with Crippen molar-refractivity contribution in [3.63, 3.8) is 0 Å². The van der Waals surface area contributed by atoms with Gasteiger partial charge in [-0.05, 0) is 45.4 Å². The summed E-state index contributed by atoms with van der Waals surface area (Å²) in [7, 11) is 0. The van der Waals surface area contributed by atoms with Crippen molar-refractivity contribution in [2.45, 2.75) is 39.8 Å². The van der Waals surface area contributed by atoms with Crippen molar-refractivity contribution in [1.29, 1.82) is 0 Å². The van der Waals surface area contributed by atoms with Crippen LogP contribution in [0.1, 0.15) is 48.5 Å². The van der Waals surface area contributed by atoms with E-state index >= 15 is 0 Å². The Morgan fingerprint density at radius 2 is 1.95 bits per heavy atom. The normalized spacial score (nSPS) is 14.3. The Labute approximate surface area is 123 Å². The summed E-state index contributed by atoms with van der Waals surface area (Å²) in [4.78, 5) is 0. The minimum Gasteiger partial charge on any atom is -0.361 e. The van der Waals surface area contributed by atoms with E-state index < -0.39 is 5.82 Å². The number of hydrogen-bond donors (Lipinski definition) is 1. The Morgan fingerprint density at radius 3 is 2.50 bits per heavy atom. The second kappa shape index (κ2) is 5.94. The second-order valence-corrected chi connectivity index (χ2v) is 5.43. The maximum atomic E-state index is 13.2. The summed E-state index contributed by atoms with van der Waals surface area (Å²) in [5.41, 5.74) is 2.88. The number of aromatic nitrogens is 1. The van der Waals surface area contributed by atoms with E-state index in [1.54, 1.807) is 12.1 Å². The van der Waals surface area contributed by atoms with Crippen LogP contribution < -0.4 is 5.32 Å². The lowest BCUT2D eigenvalue weighted by molar-refractivity contribution is 0.389. The molecule has 2 aromatic rings. The number of halogens is 2. The molecule has 0 fully saturated rings. The molecule has 0 amide bonds. The zero-order valence-electron chi connectivity index (χ0n) is 12.0. The van der Waals surface area contributed by atoms with E-state index in [4.69, 9.17) is 16.1 Å². The van der Waals surface area contributed by atoms with Crippen molar-refractivity contribution in [3.05, 3.63) is 51.6 Å². The zero-order chi connectivity index (χ0) is 14.9. The van der Waals surface area contributed by atoms with Gasteiger partial charge in [0.2, 0.25) is 0 Å². The van der Waals surface area contributed by atoms with Crippen LogP contribution in [0.25, 0.3) is 0 Å². The van der Waals surface area contributed by atoms with E-state index in [1.807, 2.05) is 27.7 Å². The minimum absolute atomic E-state index is 0.0387. The second-order valence-electron chi connectivity index (χ2n) is 5.02. The number of hydrogen-bond acceptors (Lipinski definition) is 3. The molecule has 2 atom stereocenters. The third-order valence-electron chi connectivity index (χ3n) is 3.47. The molecule has 1 aromatic carbocycles. The van der Waals surface area contributed by atoms with Crippen LogP contribution in [0.5, 0.6) is 0 Å². The largest absolute Gasteiger partial charge is 0.361 e. The molecule has 0 aliphatic heterocycles. The van der Waals surface area contributed by atoms with Crippen molar-refractivity contribution < 1.29 is 8.91 Å². The molecule has 0 aliphatic rings. The molecule has 108 valence electrons. The van der Waals surface area contributed by atoms with Crippen molar-refractivity contribution in [3.8, 4) is 0 Å². The van der Waals surface area contributed by atoms with E-state index in [1.165, 1.54) is 6.07 Å². The third kappa shape index (κ3) is 3.02. The van der Waals surface area contributed by atoms with Gasteiger partial charge in [-0.15, -0.1) is 0 Å². The Balaban J connectivity index is 2.15. The van der Waals surface area contributed by atoms with Crippen molar-refractivity contribution in [2.75, 3.05) is 0 Å². The van der Waals surface area contributed by atoms with E-state index in [-0.39, 0.29) is 17.1 Å².